The van der Waals surface area contributed by atoms with Crippen LogP contribution in [0.25, 0.3) is 39.0 Å². The van der Waals surface area contributed by atoms with E-state index in [4.69, 9.17) is 9.73 Å². The molecular weight excluding hydrogens is 555 g/mol. The molecule has 0 radical (unpaired) electrons. The minimum atomic E-state index is -0.374. The number of rotatable bonds is 6. The third-order valence-electron chi connectivity index (χ3n) is 9.30. The van der Waals surface area contributed by atoms with E-state index in [0.29, 0.717) is 23.1 Å². The zero-order valence-corrected chi connectivity index (χ0v) is 25.6. The summed E-state index contributed by atoms with van der Waals surface area (Å²) in [5.74, 6) is 2.31. The van der Waals surface area contributed by atoms with Crippen molar-refractivity contribution in [3.05, 3.63) is 87.9 Å². The molecule has 2 atom stereocenters. The van der Waals surface area contributed by atoms with Gasteiger partial charge in [0.1, 0.15) is 17.4 Å². The number of halogens is 1. The molecule has 218 valence electrons. The molecule has 0 saturated heterocycles. The SMILES string of the molecule is CCC1=NC=C(c2ccc3c(c2)cc2n3C(c3ccc(C4CC4)s3)Oc3cc(-c4cnc(CC)[nH]4)cc(F)c3-2)CCC1C. The molecule has 0 bridgehead atoms. The number of nitrogens with zero attached hydrogens (tertiary/aromatic N) is 3. The zero-order valence-electron chi connectivity index (χ0n) is 24.8. The molecule has 3 aromatic heterocycles. The fourth-order valence-electron chi connectivity index (χ4n) is 6.64. The van der Waals surface area contributed by atoms with Crippen molar-refractivity contribution in [3.63, 3.8) is 0 Å². The number of nitrogens with one attached hydrogen (secondary N) is 1. The summed E-state index contributed by atoms with van der Waals surface area (Å²) in [4.78, 5) is 15.2. The first-order chi connectivity index (χ1) is 21.0. The molecule has 5 nitrogen and oxygen atoms in total. The fraction of sp³-hybridized carbons (Fsp3) is 0.333. The van der Waals surface area contributed by atoms with Crippen LogP contribution >= 0.6 is 11.3 Å². The second kappa shape index (κ2) is 10.3. The molecule has 2 aromatic carbocycles. The number of imidazole rings is 1. The van der Waals surface area contributed by atoms with E-state index in [1.54, 1.807) is 12.3 Å². The number of allylic oxidation sites excluding steroid dienone is 1. The van der Waals surface area contributed by atoms with Crippen molar-refractivity contribution in [2.45, 2.75) is 71.4 Å². The zero-order chi connectivity index (χ0) is 29.2. The standard InChI is InChI=1S/C36H35FN4OS/c1-4-27-20(3)6-7-23(18-38-27)22-10-11-29-25(14-22)16-30-35-26(37)15-24(28-19-39-34(5-2)40-28)17-31(35)42-36(41(29)30)33-13-12-32(43-33)21-8-9-21/h10-21,36H,4-9H2,1-3H3,(H,39,40). The minimum Gasteiger partial charge on any atom is -0.464 e. The van der Waals surface area contributed by atoms with Crippen LogP contribution in [0.5, 0.6) is 5.75 Å². The molecule has 7 heteroatoms. The van der Waals surface area contributed by atoms with Gasteiger partial charge in [0, 0.05) is 34.2 Å². The van der Waals surface area contributed by atoms with Gasteiger partial charge in [0.05, 0.1) is 33.5 Å². The van der Waals surface area contributed by atoms with Crippen molar-refractivity contribution in [2.24, 2.45) is 10.9 Å². The van der Waals surface area contributed by atoms with Gasteiger partial charge in [-0.3, -0.25) is 9.56 Å². The Morgan fingerprint density at radius 2 is 1.86 bits per heavy atom. The number of aromatic amines is 1. The molecule has 5 aromatic rings. The highest BCUT2D eigenvalue weighted by Gasteiger charge is 2.34. The number of aliphatic imine (C=N–C) groups is 1. The molecule has 1 aliphatic carbocycles. The highest BCUT2D eigenvalue weighted by atomic mass is 32.1. The maximum absolute atomic E-state index is 16.1. The summed E-state index contributed by atoms with van der Waals surface area (Å²) in [5, 5.41) is 1.08. The number of fused-ring (bicyclic) bond motifs is 5. The number of hydrogen-bond donors (Lipinski definition) is 1. The summed E-state index contributed by atoms with van der Waals surface area (Å²) in [7, 11) is 0. The molecule has 0 spiro atoms. The molecule has 2 aliphatic heterocycles. The summed E-state index contributed by atoms with van der Waals surface area (Å²) in [6, 6.07) is 16.7. The number of benzene rings is 2. The van der Waals surface area contributed by atoms with Crippen molar-refractivity contribution in [1.29, 1.82) is 0 Å². The Morgan fingerprint density at radius 1 is 1.00 bits per heavy atom. The lowest BCUT2D eigenvalue weighted by Gasteiger charge is -2.30. The fourth-order valence-corrected chi connectivity index (χ4v) is 7.85. The van der Waals surface area contributed by atoms with Gasteiger partial charge in [-0.05, 0) is 97.5 Å². The maximum Gasteiger partial charge on any atom is 0.212 e. The Morgan fingerprint density at radius 3 is 2.65 bits per heavy atom. The van der Waals surface area contributed by atoms with Crippen LogP contribution in [0.3, 0.4) is 0 Å². The molecule has 2 unspecified atom stereocenters. The first kappa shape index (κ1) is 26.6. The van der Waals surface area contributed by atoms with E-state index in [0.717, 1.165) is 64.2 Å². The molecular formula is C36H35FN4OS. The van der Waals surface area contributed by atoms with E-state index in [1.165, 1.54) is 34.6 Å². The van der Waals surface area contributed by atoms with E-state index in [2.05, 4.69) is 71.0 Å². The van der Waals surface area contributed by atoms with Gasteiger partial charge in [-0.25, -0.2) is 9.37 Å². The highest BCUT2D eigenvalue weighted by Crippen LogP contribution is 2.50. The molecule has 1 saturated carbocycles. The monoisotopic (exact) mass is 590 g/mol. The van der Waals surface area contributed by atoms with Gasteiger partial charge in [0.25, 0.3) is 0 Å². The Kier molecular flexibility index (Phi) is 6.40. The predicted octanol–water partition coefficient (Wildman–Crippen LogP) is 9.90. The van der Waals surface area contributed by atoms with Crippen LogP contribution in [0, 0.1) is 11.7 Å². The number of hydrogen-bond acceptors (Lipinski definition) is 4. The highest BCUT2D eigenvalue weighted by molar-refractivity contribution is 7.12. The third kappa shape index (κ3) is 4.56. The van der Waals surface area contributed by atoms with E-state index < -0.39 is 0 Å². The summed E-state index contributed by atoms with van der Waals surface area (Å²) in [6.07, 6.45) is 9.83. The quantitative estimate of drug-likeness (QED) is 0.214. The van der Waals surface area contributed by atoms with Gasteiger partial charge < -0.3 is 9.72 Å². The van der Waals surface area contributed by atoms with Crippen LogP contribution in [0.1, 0.15) is 86.2 Å². The summed E-state index contributed by atoms with van der Waals surface area (Å²) >= 11 is 1.82. The normalized spacial score (nSPS) is 19.8. The lowest BCUT2D eigenvalue weighted by atomic mass is 9.94. The van der Waals surface area contributed by atoms with Crippen LogP contribution in [-0.2, 0) is 6.42 Å². The van der Waals surface area contributed by atoms with Crippen molar-refractivity contribution in [3.8, 4) is 28.3 Å². The number of H-pyrrole nitrogens is 1. The van der Waals surface area contributed by atoms with E-state index in [-0.39, 0.29) is 12.0 Å². The molecule has 1 fully saturated rings. The number of ether oxygens (including phenoxy) is 1. The van der Waals surface area contributed by atoms with Crippen molar-refractivity contribution < 1.29 is 9.13 Å². The average Bonchev–Trinajstić information content (AvgIpc) is 3.43. The second-order valence-corrected chi connectivity index (χ2v) is 13.3. The van der Waals surface area contributed by atoms with E-state index in [1.807, 2.05) is 24.3 Å². The van der Waals surface area contributed by atoms with Gasteiger partial charge in [0.15, 0.2) is 0 Å². The average molecular weight is 591 g/mol. The van der Waals surface area contributed by atoms with Crippen LogP contribution in [0.15, 0.2) is 65.9 Å². The second-order valence-electron chi connectivity index (χ2n) is 12.2. The molecule has 8 rings (SSSR count). The Labute approximate surface area is 255 Å². The summed E-state index contributed by atoms with van der Waals surface area (Å²) in [5.41, 5.74) is 7.62. The Balaban J connectivity index is 1.27. The van der Waals surface area contributed by atoms with Crippen LogP contribution in [0.4, 0.5) is 4.39 Å². The lowest BCUT2D eigenvalue weighted by molar-refractivity contribution is 0.176. The van der Waals surface area contributed by atoms with Gasteiger partial charge in [-0.1, -0.05) is 26.8 Å². The first-order valence-electron chi connectivity index (χ1n) is 15.6. The van der Waals surface area contributed by atoms with Crippen molar-refractivity contribution in [2.75, 3.05) is 0 Å². The topological polar surface area (TPSA) is 55.2 Å². The largest absolute Gasteiger partial charge is 0.464 e. The molecule has 1 N–H and O–H groups in total. The number of aromatic nitrogens is 3. The van der Waals surface area contributed by atoms with Crippen molar-refractivity contribution >= 4 is 33.5 Å². The minimum absolute atomic E-state index is 0.297. The van der Waals surface area contributed by atoms with Crippen molar-refractivity contribution in [1.82, 2.24) is 14.5 Å². The predicted molar refractivity (Wildman–Crippen MR) is 173 cm³/mol. The Hall–Kier alpha value is -3.97. The Bertz CT molecular complexity index is 1940. The molecule has 0 amide bonds. The summed E-state index contributed by atoms with van der Waals surface area (Å²) in [6.45, 7) is 6.51. The molecule has 43 heavy (non-hydrogen) atoms. The van der Waals surface area contributed by atoms with Gasteiger partial charge in [-0.15, -0.1) is 11.3 Å². The van der Waals surface area contributed by atoms with Gasteiger partial charge in [-0.2, -0.15) is 0 Å². The van der Waals surface area contributed by atoms with Crippen LogP contribution in [-0.4, -0.2) is 20.2 Å². The van der Waals surface area contributed by atoms with Gasteiger partial charge in [0.2, 0.25) is 6.23 Å². The summed E-state index contributed by atoms with van der Waals surface area (Å²) < 4.78 is 25.1. The smallest absolute Gasteiger partial charge is 0.212 e. The third-order valence-corrected chi connectivity index (χ3v) is 10.6. The van der Waals surface area contributed by atoms with E-state index >= 15 is 4.39 Å². The van der Waals surface area contributed by atoms with Gasteiger partial charge >= 0.3 is 0 Å². The number of thiophene rings is 1. The lowest BCUT2D eigenvalue weighted by Crippen LogP contribution is -2.22. The van der Waals surface area contributed by atoms with Crippen LogP contribution in [0.2, 0.25) is 0 Å². The maximum atomic E-state index is 16.1. The number of aryl methyl sites for hydroxylation is 1. The van der Waals surface area contributed by atoms with Crippen LogP contribution < -0.4 is 4.74 Å². The first-order valence-corrected chi connectivity index (χ1v) is 16.4. The molecule has 3 aliphatic rings. The van der Waals surface area contributed by atoms with E-state index in [9.17, 15) is 0 Å². The molecule has 5 heterocycles.